The van der Waals surface area contributed by atoms with E-state index in [0.29, 0.717) is 42.7 Å². The average molecular weight is 467 g/mol. The van der Waals surface area contributed by atoms with E-state index in [2.05, 4.69) is 25.2 Å². The topological polar surface area (TPSA) is 101 Å². The fraction of sp³-hybridized carbons (Fsp3) is 0.348. The maximum absolute atomic E-state index is 12.6. The van der Waals surface area contributed by atoms with Crippen molar-refractivity contribution < 1.29 is 14.3 Å². The molecular formula is C23H26N6O3S. The molecule has 9 nitrogen and oxygen atoms in total. The van der Waals surface area contributed by atoms with Crippen molar-refractivity contribution in [2.75, 3.05) is 36.4 Å². The first-order chi connectivity index (χ1) is 15.8. The van der Waals surface area contributed by atoms with Crippen molar-refractivity contribution in [1.29, 1.82) is 0 Å². The largest absolute Gasteiger partial charge is 0.444 e. The van der Waals surface area contributed by atoms with Crippen LogP contribution in [-0.2, 0) is 4.74 Å². The van der Waals surface area contributed by atoms with E-state index in [9.17, 15) is 9.59 Å². The zero-order chi connectivity index (χ0) is 23.4. The third-order valence-corrected chi connectivity index (χ3v) is 5.69. The third kappa shape index (κ3) is 5.83. The lowest BCUT2D eigenvalue weighted by Gasteiger charge is -2.36. The summed E-state index contributed by atoms with van der Waals surface area (Å²) in [4.78, 5) is 41.7. The van der Waals surface area contributed by atoms with Gasteiger partial charge in [0, 0.05) is 37.8 Å². The van der Waals surface area contributed by atoms with E-state index in [4.69, 9.17) is 4.74 Å². The maximum atomic E-state index is 12.6. The summed E-state index contributed by atoms with van der Waals surface area (Å²) < 4.78 is 5.44. The van der Waals surface area contributed by atoms with Crippen LogP contribution in [0.5, 0.6) is 0 Å². The van der Waals surface area contributed by atoms with E-state index < -0.39 is 5.60 Å². The van der Waals surface area contributed by atoms with Crippen LogP contribution in [-0.4, -0.2) is 63.6 Å². The Bertz CT molecular complexity index is 1100. The van der Waals surface area contributed by atoms with Gasteiger partial charge in [-0.3, -0.25) is 15.1 Å². The molecule has 0 aliphatic carbocycles. The van der Waals surface area contributed by atoms with Gasteiger partial charge in [0.2, 0.25) is 0 Å². The van der Waals surface area contributed by atoms with E-state index in [0.717, 1.165) is 11.4 Å². The summed E-state index contributed by atoms with van der Waals surface area (Å²) in [5, 5.41) is 5.13. The molecule has 3 aromatic rings. The summed E-state index contributed by atoms with van der Waals surface area (Å²) in [6.45, 7) is 8.05. The molecule has 4 rings (SSSR count). The lowest BCUT2D eigenvalue weighted by atomic mass is 10.2. The van der Waals surface area contributed by atoms with Gasteiger partial charge in [0.05, 0.1) is 17.6 Å². The number of ether oxygens (including phenoxy) is 1. The molecule has 0 bridgehead atoms. The molecule has 10 heteroatoms. The standard InChI is InChI=1S/C23H26N6O3S/c1-23(2,3)32-22(31)29-12-10-28(11-13-29)16-7-8-18(25-14-16)20(30)27-21-26-19(15-33-21)17-6-4-5-9-24-17/h4-9,14-15H,10-13H2,1-3H3,(H,26,27,30). The zero-order valence-electron chi connectivity index (χ0n) is 18.8. The van der Waals surface area contributed by atoms with E-state index in [1.165, 1.54) is 11.3 Å². The van der Waals surface area contributed by atoms with Gasteiger partial charge in [-0.15, -0.1) is 11.3 Å². The number of hydrogen-bond acceptors (Lipinski definition) is 8. The van der Waals surface area contributed by atoms with Gasteiger partial charge in [-0.25, -0.2) is 14.8 Å². The number of aromatic nitrogens is 3. The van der Waals surface area contributed by atoms with Crippen molar-refractivity contribution in [3.05, 3.63) is 53.8 Å². The summed E-state index contributed by atoms with van der Waals surface area (Å²) in [7, 11) is 0. The Kier molecular flexibility index (Phi) is 6.55. The average Bonchev–Trinajstić information content (AvgIpc) is 3.27. The Balaban J connectivity index is 1.32. The molecule has 1 aliphatic rings. The highest BCUT2D eigenvalue weighted by Crippen LogP contribution is 2.24. The number of thiazole rings is 1. The lowest BCUT2D eigenvalue weighted by molar-refractivity contribution is 0.0240. The zero-order valence-corrected chi connectivity index (χ0v) is 19.6. The Morgan fingerprint density at radius 2 is 1.82 bits per heavy atom. The van der Waals surface area contributed by atoms with Crippen LogP contribution >= 0.6 is 11.3 Å². The number of piperazine rings is 1. The lowest BCUT2D eigenvalue weighted by Crippen LogP contribution is -2.50. The van der Waals surface area contributed by atoms with Gasteiger partial charge < -0.3 is 14.5 Å². The normalized spacial score (nSPS) is 14.2. The number of amides is 2. The maximum Gasteiger partial charge on any atom is 0.410 e. The fourth-order valence-electron chi connectivity index (χ4n) is 3.31. The van der Waals surface area contributed by atoms with E-state index in [1.54, 1.807) is 23.4 Å². The number of nitrogens with one attached hydrogen (secondary N) is 1. The Labute approximate surface area is 196 Å². The Hall–Kier alpha value is -3.53. The van der Waals surface area contributed by atoms with Crippen molar-refractivity contribution in [2.45, 2.75) is 26.4 Å². The first-order valence-corrected chi connectivity index (χ1v) is 11.5. The van der Waals surface area contributed by atoms with Gasteiger partial charge in [-0.2, -0.15) is 0 Å². The number of nitrogens with zero attached hydrogens (tertiary/aromatic N) is 5. The summed E-state index contributed by atoms with van der Waals surface area (Å²) in [5.74, 6) is -0.321. The van der Waals surface area contributed by atoms with Crippen molar-refractivity contribution in [2.24, 2.45) is 0 Å². The molecule has 1 fully saturated rings. The summed E-state index contributed by atoms with van der Waals surface area (Å²) in [5.41, 5.74) is 2.17. The molecule has 4 heterocycles. The molecule has 0 aromatic carbocycles. The second-order valence-corrected chi connectivity index (χ2v) is 9.42. The minimum Gasteiger partial charge on any atom is -0.444 e. The fourth-order valence-corrected chi connectivity index (χ4v) is 4.00. The van der Waals surface area contributed by atoms with Gasteiger partial charge >= 0.3 is 6.09 Å². The van der Waals surface area contributed by atoms with Crippen LogP contribution in [0.25, 0.3) is 11.4 Å². The van der Waals surface area contributed by atoms with Crippen LogP contribution < -0.4 is 10.2 Å². The van der Waals surface area contributed by atoms with E-state index >= 15 is 0 Å². The summed E-state index contributed by atoms with van der Waals surface area (Å²) in [6.07, 6.45) is 3.09. The molecule has 3 aromatic heterocycles. The van der Waals surface area contributed by atoms with Gasteiger partial charge in [-0.1, -0.05) is 6.07 Å². The van der Waals surface area contributed by atoms with Crippen molar-refractivity contribution in [3.8, 4) is 11.4 Å². The van der Waals surface area contributed by atoms with Gasteiger partial charge in [0.25, 0.3) is 5.91 Å². The minimum atomic E-state index is -0.507. The Morgan fingerprint density at radius 3 is 2.45 bits per heavy atom. The molecule has 0 radical (unpaired) electrons. The van der Waals surface area contributed by atoms with Crippen molar-refractivity contribution in [3.63, 3.8) is 0 Å². The predicted molar refractivity (Wildman–Crippen MR) is 128 cm³/mol. The second kappa shape index (κ2) is 9.53. The first kappa shape index (κ1) is 22.7. The SMILES string of the molecule is CC(C)(C)OC(=O)N1CCN(c2ccc(C(=O)Nc3nc(-c4ccccn4)cs3)nc2)CC1. The van der Waals surface area contributed by atoms with Crippen molar-refractivity contribution in [1.82, 2.24) is 19.9 Å². The van der Waals surface area contributed by atoms with E-state index in [-0.39, 0.29) is 12.0 Å². The smallest absolute Gasteiger partial charge is 0.410 e. The number of rotatable bonds is 4. The second-order valence-electron chi connectivity index (χ2n) is 8.56. The number of hydrogen-bond donors (Lipinski definition) is 1. The predicted octanol–water partition coefficient (Wildman–Crippen LogP) is 3.91. The van der Waals surface area contributed by atoms with Gasteiger partial charge in [-0.05, 0) is 45.0 Å². The van der Waals surface area contributed by atoms with Crippen LogP contribution in [0.4, 0.5) is 15.6 Å². The molecule has 0 spiro atoms. The van der Waals surface area contributed by atoms with Gasteiger partial charge in [0.1, 0.15) is 17.0 Å². The van der Waals surface area contributed by atoms with Crippen LogP contribution in [0.1, 0.15) is 31.3 Å². The molecule has 1 N–H and O–H groups in total. The highest BCUT2D eigenvalue weighted by atomic mass is 32.1. The highest BCUT2D eigenvalue weighted by molar-refractivity contribution is 7.14. The Morgan fingerprint density at radius 1 is 1.03 bits per heavy atom. The van der Waals surface area contributed by atoms with E-state index in [1.807, 2.05) is 50.4 Å². The number of anilines is 2. The van der Waals surface area contributed by atoms with Crippen LogP contribution in [0, 0.1) is 0 Å². The van der Waals surface area contributed by atoms with Crippen LogP contribution in [0.3, 0.4) is 0 Å². The van der Waals surface area contributed by atoms with Crippen LogP contribution in [0.2, 0.25) is 0 Å². The number of carbonyl (C=O) groups is 2. The summed E-state index contributed by atoms with van der Waals surface area (Å²) in [6, 6.07) is 9.16. The molecule has 1 saturated heterocycles. The number of pyridine rings is 2. The summed E-state index contributed by atoms with van der Waals surface area (Å²) >= 11 is 1.34. The minimum absolute atomic E-state index is 0.291. The molecule has 0 saturated carbocycles. The quantitative estimate of drug-likeness (QED) is 0.622. The molecule has 33 heavy (non-hydrogen) atoms. The monoisotopic (exact) mass is 466 g/mol. The van der Waals surface area contributed by atoms with Crippen LogP contribution in [0.15, 0.2) is 48.1 Å². The molecule has 172 valence electrons. The molecular weight excluding hydrogens is 440 g/mol. The highest BCUT2D eigenvalue weighted by Gasteiger charge is 2.26. The first-order valence-electron chi connectivity index (χ1n) is 10.7. The molecule has 0 atom stereocenters. The van der Waals surface area contributed by atoms with Crippen molar-refractivity contribution >= 4 is 34.2 Å². The molecule has 0 unspecified atom stereocenters. The molecule has 2 amide bonds. The third-order valence-electron chi connectivity index (χ3n) is 4.93. The van der Waals surface area contributed by atoms with Gasteiger partial charge in [0.15, 0.2) is 5.13 Å². The number of carbonyl (C=O) groups excluding carboxylic acids is 2. The molecule has 1 aliphatic heterocycles.